The number of aryl methyl sites for hydroxylation is 1. The monoisotopic (exact) mass is 342 g/mol. The third kappa shape index (κ3) is 2.84. The van der Waals surface area contributed by atoms with Gasteiger partial charge in [0.25, 0.3) is 5.91 Å². The molecule has 0 bridgehead atoms. The first-order chi connectivity index (χ1) is 11.7. The Morgan fingerprint density at radius 3 is 3.12 bits per heavy atom. The highest BCUT2D eigenvalue weighted by Gasteiger charge is 2.24. The zero-order chi connectivity index (χ0) is 16.5. The van der Waals surface area contributed by atoms with Gasteiger partial charge in [-0.1, -0.05) is 0 Å². The molecule has 1 saturated heterocycles. The number of hydrogen-bond acceptors (Lipinski definition) is 6. The molecule has 3 aromatic heterocycles. The maximum Gasteiger partial charge on any atom is 0.271 e. The summed E-state index contributed by atoms with van der Waals surface area (Å²) in [4.78, 5) is 28.4. The number of imidazole rings is 1. The first-order valence-corrected chi connectivity index (χ1v) is 8.80. The van der Waals surface area contributed by atoms with Crippen LogP contribution >= 0.6 is 11.3 Å². The molecule has 4 heterocycles. The second kappa shape index (κ2) is 6.20. The quantitative estimate of drug-likeness (QED) is 0.786. The normalized spacial score (nSPS) is 18.0. The van der Waals surface area contributed by atoms with E-state index in [1.54, 1.807) is 34.8 Å². The van der Waals surface area contributed by atoms with Crippen LogP contribution in [0.5, 0.6) is 0 Å². The second-order valence-corrected chi connectivity index (χ2v) is 6.91. The van der Waals surface area contributed by atoms with Crippen molar-refractivity contribution in [2.24, 2.45) is 7.05 Å². The van der Waals surface area contributed by atoms with E-state index in [9.17, 15) is 4.79 Å². The molecule has 1 atom stereocenters. The van der Waals surface area contributed by atoms with Crippen molar-refractivity contribution in [1.29, 1.82) is 0 Å². The lowest BCUT2D eigenvalue weighted by Crippen LogP contribution is -2.48. The Balaban J connectivity index is 1.49. The Labute approximate surface area is 143 Å². The first kappa shape index (κ1) is 15.1. The molecule has 124 valence electrons. The molecule has 0 saturated carbocycles. The molecule has 7 nitrogen and oxygen atoms in total. The van der Waals surface area contributed by atoms with Crippen LogP contribution in [-0.4, -0.2) is 44.6 Å². The van der Waals surface area contributed by atoms with Crippen LogP contribution in [0.25, 0.3) is 10.2 Å². The molecule has 1 aliphatic heterocycles. The topological polar surface area (TPSA) is 75.9 Å². The van der Waals surface area contributed by atoms with Gasteiger partial charge in [0.05, 0.1) is 11.7 Å². The van der Waals surface area contributed by atoms with Gasteiger partial charge in [-0.2, -0.15) is 0 Å². The van der Waals surface area contributed by atoms with E-state index in [1.807, 2.05) is 12.4 Å². The standard InChI is InChI=1S/C16H18N6OS/c1-21-8-13(19-10-21)15(23)20-11-3-2-5-22(7-11)14-12-4-6-24-16(12)18-9-17-14/h4,6,8-11H,2-3,5,7H2,1H3,(H,20,23). The van der Waals surface area contributed by atoms with Crippen LogP contribution < -0.4 is 10.2 Å². The fraction of sp³-hybridized carbons (Fsp3) is 0.375. The predicted molar refractivity (Wildman–Crippen MR) is 93.3 cm³/mol. The number of carbonyl (C=O) groups is 1. The molecule has 1 amide bonds. The zero-order valence-electron chi connectivity index (χ0n) is 13.3. The van der Waals surface area contributed by atoms with Crippen molar-refractivity contribution in [3.05, 3.63) is 36.0 Å². The third-order valence-corrected chi connectivity index (χ3v) is 5.06. The SMILES string of the molecule is Cn1cnc(C(=O)NC2CCCN(c3ncnc4sccc34)C2)c1. The van der Waals surface area contributed by atoms with Crippen molar-refractivity contribution < 1.29 is 4.79 Å². The summed E-state index contributed by atoms with van der Waals surface area (Å²) in [5.41, 5.74) is 0.455. The average Bonchev–Trinajstić information content (AvgIpc) is 3.23. The summed E-state index contributed by atoms with van der Waals surface area (Å²) in [7, 11) is 1.85. The number of fused-ring (bicyclic) bond motifs is 1. The molecule has 4 rings (SSSR count). The summed E-state index contributed by atoms with van der Waals surface area (Å²) in [6.45, 7) is 1.69. The van der Waals surface area contributed by atoms with Crippen molar-refractivity contribution in [3.63, 3.8) is 0 Å². The van der Waals surface area contributed by atoms with Crippen molar-refractivity contribution in [2.45, 2.75) is 18.9 Å². The van der Waals surface area contributed by atoms with E-state index < -0.39 is 0 Å². The van der Waals surface area contributed by atoms with Crippen LogP contribution in [0.2, 0.25) is 0 Å². The van der Waals surface area contributed by atoms with E-state index in [2.05, 4.69) is 31.2 Å². The van der Waals surface area contributed by atoms with Crippen LogP contribution in [0.3, 0.4) is 0 Å². The molecule has 24 heavy (non-hydrogen) atoms. The van der Waals surface area contributed by atoms with Gasteiger partial charge in [0.15, 0.2) is 0 Å². The maximum atomic E-state index is 12.3. The Hall–Kier alpha value is -2.48. The lowest BCUT2D eigenvalue weighted by Gasteiger charge is -2.34. The summed E-state index contributed by atoms with van der Waals surface area (Å²) in [6, 6.07) is 2.16. The van der Waals surface area contributed by atoms with Crippen LogP contribution in [0.1, 0.15) is 23.3 Å². The second-order valence-electron chi connectivity index (χ2n) is 6.02. The van der Waals surface area contributed by atoms with E-state index in [4.69, 9.17) is 0 Å². The largest absolute Gasteiger partial charge is 0.354 e. The van der Waals surface area contributed by atoms with Gasteiger partial charge >= 0.3 is 0 Å². The molecule has 1 aliphatic rings. The molecule has 1 unspecified atom stereocenters. The minimum Gasteiger partial charge on any atom is -0.354 e. The third-order valence-electron chi connectivity index (χ3n) is 4.23. The highest BCUT2D eigenvalue weighted by Crippen LogP contribution is 2.28. The molecule has 0 aliphatic carbocycles. The van der Waals surface area contributed by atoms with Gasteiger partial charge in [-0.25, -0.2) is 15.0 Å². The van der Waals surface area contributed by atoms with Crippen LogP contribution in [0, 0.1) is 0 Å². The summed E-state index contributed by atoms with van der Waals surface area (Å²) in [5.74, 6) is 0.837. The number of anilines is 1. The number of amides is 1. The Bertz CT molecular complexity index is 872. The number of piperidine rings is 1. The number of carbonyl (C=O) groups excluding carboxylic acids is 1. The molecule has 8 heteroatoms. The molecule has 0 spiro atoms. The van der Waals surface area contributed by atoms with E-state index >= 15 is 0 Å². The number of thiophene rings is 1. The molecular weight excluding hydrogens is 324 g/mol. The van der Waals surface area contributed by atoms with Gasteiger partial charge in [-0.05, 0) is 24.3 Å². The van der Waals surface area contributed by atoms with Crippen molar-refractivity contribution >= 4 is 33.3 Å². The molecule has 1 N–H and O–H groups in total. The van der Waals surface area contributed by atoms with E-state index in [1.165, 1.54) is 0 Å². The van der Waals surface area contributed by atoms with Crippen LogP contribution in [0.4, 0.5) is 5.82 Å². The Morgan fingerprint density at radius 2 is 2.29 bits per heavy atom. The zero-order valence-corrected chi connectivity index (χ0v) is 14.2. The summed E-state index contributed by atoms with van der Waals surface area (Å²) < 4.78 is 1.77. The fourth-order valence-electron chi connectivity index (χ4n) is 3.11. The van der Waals surface area contributed by atoms with E-state index in [0.29, 0.717) is 5.69 Å². The minimum atomic E-state index is -0.120. The van der Waals surface area contributed by atoms with Gasteiger partial charge in [-0.3, -0.25) is 4.79 Å². The highest BCUT2D eigenvalue weighted by molar-refractivity contribution is 7.16. The smallest absolute Gasteiger partial charge is 0.271 e. The van der Waals surface area contributed by atoms with Gasteiger partial charge in [0.1, 0.15) is 22.7 Å². The van der Waals surface area contributed by atoms with Crippen molar-refractivity contribution in [3.8, 4) is 0 Å². The van der Waals surface area contributed by atoms with Gasteiger partial charge in [-0.15, -0.1) is 11.3 Å². The van der Waals surface area contributed by atoms with Gasteiger partial charge < -0.3 is 14.8 Å². The van der Waals surface area contributed by atoms with Crippen molar-refractivity contribution in [1.82, 2.24) is 24.8 Å². The van der Waals surface area contributed by atoms with E-state index in [0.717, 1.165) is 42.0 Å². The molecule has 0 radical (unpaired) electrons. The summed E-state index contributed by atoms with van der Waals surface area (Å²) >= 11 is 1.62. The Morgan fingerprint density at radius 1 is 1.38 bits per heavy atom. The highest BCUT2D eigenvalue weighted by atomic mass is 32.1. The van der Waals surface area contributed by atoms with Gasteiger partial charge in [0, 0.05) is 32.4 Å². The first-order valence-electron chi connectivity index (χ1n) is 7.92. The number of hydrogen-bond donors (Lipinski definition) is 1. The molecule has 1 fully saturated rings. The number of nitrogens with zero attached hydrogens (tertiary/aromatic N) is 5. The Kier molecular flexibility index (Phi) is 3.89. The number of nitrogens with one attached hydrogen (secondary N) is 1. The van der Waals surface area contributed by atoms with E-state index in [-0.39, 0.29) is 11.9 Å². The van der Waals surface area contributed by atoms with Crippen molar-refractivity contribution in [2.75, 3.05) is 18.0 Å². The van der Waals surface area contributed by atoms with Gasteiger partial charge in [0.2, 0.25) is 0 Å². The minimum absolute atomic E-state index is 0.0944. The maximum absolute atomic E-state index is 12.3. The molecule has 0 aromatic carbocycles. The predicted octanol–water partition coefficient (Wildman–Crippen LogP) is 1.82. The van der Waals surface area contributed by atoms with Crippen LogP contribution in [-0.2, 0) is 7.05 Å². The average molecular weight is 342 g/mol. The molecular formula is C16H18N6OS. The lowest BCUT2D eigenvalue weighted by atomic mass is 10.1. The molecule has 3 aromatic rings. The summed E-state index contributed by atoms with van der Waals surface area (Å²) in [5, 5.41) is 6.21. The van der Waals surface area contributed by atoms with Crippen LogP contribution in [0.15, 0.2) is 30.3 Å². The fourth-order valence-corrected chi connectivity index (χ4v) is 3.83. The lowest BCUT2D eigenvalue weighted by molar-refractivity contribution is 0.0928. The number of aromatic nitrogens is 4. The number of rotatable bonds is 3. The summed E-state index contributed by atoms with van der Waals surface area (Å²) in [6.07, 6.45) is 6.96.